The second-order valence-corrected chi connectivity index (χ2v) is 7.21. The summed E-state index contributed by atoms with van der Waals surface area (Å²) in [6.07, 6.45) is 1.70. The molecule has 1 rings (SSSR count). The molecule has 1 aliphatic rings. The van der Waals surface area contributed by atoms with Crippen LogP contribution in [0.1, 0.15) is 60.8 Å². The van der Waals surface area contributed by atoms with E-state index in [2.05, 4.69) is 13.8 Å². The third kappa shape index (κ3) is 4.51. The quantitative estimate of drug-likeness (QED) is 0.789. The van der Waals surface area contributed by atoms with Crippen LogP contribution in [0.5, 0.6) is 0 Å². The Hall–Kier alpha value is -1.06. The van der Waals surface area contributed by atoms with Gasteiger partial charge in [0.1, 0.15) is 5.60 Å². The van der Waals surface area contributed by atoms with Crippen molar-refractivity contribution in [1.82, 2.24) is 4.90 Å². The summed E-state index contributed by atoms with van der Waals surface area (Å²) in [5.41, 5.74) is -0.548. The number of carbonyl (C=O) groups excluding carboxylic acids is 2. The molecule has 19 heavy (non-hydrogen) atoms. The fourth-order valence-corrected chi connectivity index (χ4v) is 2.48. The molecule has 1 atom stereocenters. The van der Waals surface area contributed by atoms with Gasteiger partial charge in [0, 0.05) is 13.0 Å². The molecule has 4 heteroatoms. The molecular formula is C15H27NO3. The predicted octanol–water partition coefficient (Wildman–Crippen LogP) is 3.39. The van der Waals surface area contributed by atoms with Gasteiger partial charge < -0.3 is 4.74 Å². The highest BCUT2D eigenvalue weighted by molar-refractivity contribution is 5.88. The predicted molar refractivity (Wildman–Crippen MR) is 75.0 cm³/mol. The van der Waals surface area contributed by atoms with Crippen LogP contribution in [0.2, 0.25) is 0 Å². The minimum Gasteiger partial charge on any atom is -0.444 e. The highest BCUT2D eigenvalue weighted by Crippen LogP contribution is 2.35. The minimum atomic E-state index is -0.526. The number of ketones is 1. The highest BCUT2D eigenvalue weighted by Gasteiger charge is 2.44. The number of rotatable bonds is 3. The van der Waals surface area contributed by atoms with Crippen molar-refractivity contribution in [2.24, 2.45) is 5.41 Å². The van der Waals surface area contributed by atoms with Gasteiger partial charge in [0.15, 0.2) is 5.78 Å². The Labute approximate surface area is 116 Å². The summed E-state index contributed by atoms with van der Waals surface area (Å²) < 4.78 is 5.41. The number of amides is 1. The van der Waals surface area contributed by atoms with Crippen LogP contribution in [0, 0.1) is 5.41 Å². The van der Waals surface area contributed by atoms with Gasteiger partial charge in [0.25, 0.3) is 0 Å². The Morgan fingerprint density at radius 1 is 1.32 bits per heavy atom. The van der Waals surface area contributed by atoms with Crippen molar-refractivity contribution >= 4 is 11.9 Å². The Morgan fingerprint density at radius 2 is 1.89 bits per heavy atom. The Morgan fingerprint density at radius 3 is 2.37 bits per heavy atom. The fourth-order valence-electron chi connectivity index (χ4n) is 2.48. The Balaban J connectivity index is 2.83. The molecule has 0 aliphatic carbocycles. The zero-order valence-electron chi connectivity index (χ0n) is 13.1. The van der Waals surface area contributed by atoms with E-state index in [0.29, 0.717) is 13.0 Å². The lowest BCUT2D eigenvalue weighted by molar-refractivity contribution is -0.123. The molecule has 1 aliphatic heterocycles. The number of ether oxygens (including phenoxy) is 1. The molecule has 0 N–H and O–H groups in total. The molecule has 0 bridgehead atoms. The molecule has 1 amide bonds. The van der Waals surface area contributed by atoms with Gasteiger partial charge in [-0.1, -0.05) is 20.8 Å². The first-order valence-electron chi connectivity index (χ1n) is 7.08. The van der Waals surface area contributed by atoms with Crippen molar-refractivity contribution in [2.45, 2.75) is 72.4 Å². The van der Waals surface area contributed by atoms with Crippen LogP contribution in [0.3, 0.4) is 0 Å². The zero-order chi connectivity index (χ0) is 14.8. The number of Topliss-reactive ketones (excluding diaryl/α,β-unsaturated/α-hetero) is 1. The van der Waals surface area contributed by atoms with Gasteiger partial charge in [-0.15, -0.1) is 0 Å². The first kappa shape index (κ1) is 16.0. The lowest BCUT2D eigenvalue weighted by atomic mass is 9.89. The van der Waals surface area contributed by atoms with E-state index in [1.807, 2.05) is 27.7 Å². The van der Waals surface area contributed by atoms with Crippen LogP contribution < -0.4 is 0 Å². The van der Waals surface area contributed by atoms with Gasteiger partial charge in [0.2, 0.25) is 0 Å². The van der Waals surface area contributed by atoms with Gasteiger partial charge >= 0.3 is 6.09 Å². The molecule has 1 heterocycles. The molecule has 0 radical (unpaired) electrons. The lowest BCUT2D eigenvalue weighted by Gasteiger charge is -2.28. The highest BCUT2D eigenvalue weighted by atomic mass is 16.6. The van der Waals surface area contributed by atoms with Crippen LogP contribution in [-0.4, -0.2) is 35.0 Å². The number of hydrogen-bond acceptors (Lipinski definition) is 3. The summed E-state index contributed by atoms with van der Waals surface area (Å²) in [4.78, 5) is 26.0. The first-order chi connectivity index (χ1) is 8.56. The average molecular weight is 269 g/mol. The molecule has 0 saturated carbocycles. The van der Waals surface area contributed by atoms with E-state index in [1.165, 1.54) is 0 Å². The zero-order valence-corrected chi connectivity index (χ0v) is 13.1. The van der Waals surface area contributed by atoms with Crippen molar-refractivity contribution in [1.29, 1.82) is 0 Å². The molecule has 1 fully saturated rings. The fraction of sp³-hybridized carbons (Fsp3) is 0.867. The molecular weight excluding hydrogens is 242 g/mol. The first-order valence-corrected chi connectivity index (χ1v) is 7.08. The second kappa shape index (κ2) is 5.51. The summed E-state index contributed by atoms with van der Waals surface area (Å²) in [7, 11) is 0. The molecule has 4 nitrogen and oxygen atoms in total. The smallest absolute Gasteiger partial charge is 0.410 e. The van der Waals surface area contributed by atoms with Crippen molar-refractivity contribution in [3.05, 3.63) is 0 Å². The van der Waals surface area contributed by atoms with E-state index >= 15 is 0 Å². The average Bonchev–Trinajstić information content (AvgIpc) is 2.52. The second-order valence-electron chi connectivity index (χ2n) is 7.21. The number of likely N-dealkylation sites (tertiary alicyclic amines) is 1. The topological polar surface area (TPSA) is 46.6 Å². The molecule has 0 aromatic heterocycles. The Bertz CT molecular complexity index is 355. The molecule has 0 unspecified atom stereocenters. The van der Waals surface area contributed by atoms with E-state index in [1.54, 1.807) is 4.90 Å². The summed E-state index contributed by atoms with van der Waals surface area (Å²) >= 11 is 0. The number of nitrogens with zero attached hydrogens (tertiary/aromatic N) is 1. The Kier molecular flexibility index (Phi) is 4.64. The van der Waals surface area contributed by atoms with Crippen LogP contribution in [0.15, 0.2) is 0 Å². The summed E-state index contributed by atoms with van der Waals surface area (Å²) in [6.45, 7) is 12.3. The van der Waals surface area contributed by atoms with Crippen molar-refractivity contribution in [3.63, 3.8) is 0 Å². The van der Waals surface area contributed by atoms with Gasteiger partial charge in [-0.2, -0.15) is 0 Å². The van der Waals surface area contributed by atoms with E-state index in [9.17, 15) is 9.59 Å². The van der Waals surface area contributed by atoms with Crippen molar-refractivity contribution in [3.8, 4) is 0 Å². The largest absolute Gasteiger partial charge is 0.444 e. The summed E-state index contributed by atoms with van der Waals surface area (Å²) in [5, 5.41) is 0. The van der Waals surface area contributed by atoms with E-state index in [0.717, 1.165) is 12.8 Å². The summed E-state index contributed by atoms with van der Waals surface area (Å²) in [6, 6.07) is -0.315. The van der Waals surface area contributed by atoms with E-state index < -0.39 is 5.60 Å². The van der Waals surface area contributed by atoms with Crippen molar-refractivity contribution < 1.29 is 14.3 Å². The van der Waals surface area contributed by atoms with Crippen LogP contribution >= 0.6 is 0 Å². The standard InChI is InChI=1S/C15H27NO3/c1-7-8-12(17)11-9-15(5,6)10-16(11)13(18)19-14(2,3)4/h11H,7-10H2,1-6H3/t11-/m0/s1. The molecule has 110 valence electrons. The maximum absolute atomic E-state index is 12.2. The monoisotopic (exact) mass is 269 g/mol. The van der Waals surface area contributed by atoms with Gasteiger partial charge in [-0.3, -0.25) is 9.69 Å². The third-order valence-corrected chi connectivity index (χ3v) is 3.22. The maximum Gasteiger partial charge on any atom is 0.410 e. The van der Waals surface area contributed by atoms with E-state index in [4.69, 9.17) is 4.74 Å². The lowest BCUT2D eigenvalue weighted by Crippen LogP contribution is -2.43. The SMILES string of the molecule is CCCC(=O)[C@@H]1CC(C)(C)CN1C(=O)OC(C)(C)C. The third-order valence-electron chi connectivity index (χ3n) is 3.22. The number of carbonyl (C=O) groups is 2. The van der Waals surface area contributed by atoms with Gasteiger partial charge in [-0.25, -0.2) is 4.79 Å². The molecule has 1 saturated heterocycles. The normalized spacial score (nSPS) is 22.4. The van der Waals surface area contributed by atoms with Gasteiger partial charge in [0.05, 0.1) is 6.04 Å². The van der Waals surface area contributed by atoms with Crippen LogP contribution in [0.4, 0.5) is 4.79 Å². The van der Waals surface area contributed by atoms with Crippen LogP contribution in [-0.2, 0) is 9.53 Å². The van der Waals surface area contributed by atoms with Crippen molar-refractivity contribution in [2.75, 3.05) is 6.54 Å². The van der Waals surface area contributed by atoms with E-state index in [-0.39, 0.29) is 23.3 Å². The van der Waals surface area contributed by atoms with Crippen LogP contribution in [0.25, 0.3) is 0 Å². The maximum atomic E-state index is 12.2. The summed E-state index contributed by atoms with van der Waals surface area (Å²) in [5.74, 6) is 0.152. The molecule has 0 aromatic rings. The molecule has 0 aromatic carbocycles. The van der Waals surface area contributed by atoms with Gasteiger partial charge in [-0.05, 0) is 39.0 Å². The number of hydrogen-bond donors (Lipinski definition) is 0. The minimum absolute atomic E-state index is 0.0228. The molecule has 0 spiro atoms.